The van der Waals surface area contributed by atoms with Crippen molar-refractivity contribution >= 4 is 23.4 Å². The predicted molar refractivity (Wildman–Crippen MR) is 65.1 cm³/mol. The maximum Gasteiger partial charge on any atom is 0.237 e. The van der Waals surface area contributed by atoms with Gasteiger partial charge in [0.05, 0.1) is 12.5 Å². The summed E-state index contributed by atoms with van der Waals surface area (Å²) in [5.41, 5.74) is 11.3. The number of nitrogens with one attached hydrogen (secondary N) is 1. The molecule has 92 valence electrons. The highest BCUT2D eigenvalue weighted by atomic mass is 35.5. The van der Waals surface area contributed by atoms with E-state index in [1.165, 1.54) is 0 Å². The third-order valence-electron chi connectivity index (χ3n) is 2.11. The van der Waals surface area contributed by atoms with Gasteiger partial charge in [0, 0.05) is 11.6 Å². The summed E-state index contributed by atoms with van der Waals surface area (Å²) in [6, 6.07) is 6.18. The monoisotopic (exact) mass is 255 g/mol. The summed E-state index contributed by atoms with van der Waals surface area (Å²) in [6.07, 6.45) is -0.165. The molecule has 0 saturated heterocycles. The molecule has 1 aromatic rings. The van der Waals surface area contributed by atoms with E-state index in [1.807, 2.05) is 6.07 Å². The molecule has 0 spiro atoms. The summed E-state index contributed by atoms with van der Waals surface area (Å²) in [7, 11) is 0. The lowest BCUT2D eigenvalue weighted by atomic mass is 10.2. The van der Waals surface area contributed by atoms with Crippen LogP contribution in [0.25, 0.3) is 0 Å². The van der Waals surface area contributed by atoms with Gasteiger partial charge in [-0.3, -0.25) is 9.59 Å². The fourth-order valence-electron chi connectivity index (χ4n) is 1.28. The molecule has 5 nitrogen and oxygen atoms in total. The van der Waals surface area contributed by atoms with Gasteiger partial charge >= 0.3 is 0 Å². The smallest absolute Gasteiger partial charge is 0.237 e. The van der Waals surface area contributed by atoms with Crippen LogP contribution in [0.3, 0.4) is 0 Å². The number of amides is 2. The molecule has 0 heterocycles. The van der Waals surface area contributed by atoms with E-state index in [-0.39, 0.29) is 6.42 Å². The van der Waals surface area contributed by atoms with Crippen molar-refractivity contribution in [1.82, 2.24) is 5.32 Å². The lowest BCUT2D eigenvalue weighted by Gasteiger charge is -2.10. The van der Waals surface area contributed by atoms with Crippen molar-refractivity contribution in [3.63, 3.8) is 0 Å². The molecule has 0 aliphatic carbocycles. The van der Waals surface area contributed by atoms with Gasteiger partial charge in [0.1, 0.15) is 0 Å². The standard InChI is InChI=1S/C11H14ClN3O2/c12-8-3-1-2-7(4-8)6-15-11(17)9(13)5-10(14)16/h1-4,9H,5-6,13H2,(H2,14,16)(H,15,17). The molecule has 1 atom stereocenters. The van der Waals surface area contributed by atoms with Gasteiger partial charge in [-0.1, -0.05) is 23.7 Å². The Hall–Kier alpha value is -1.59. The van der Waals surface area contributed by atoms with Gasteiger partial charge in [-0.25, -0.2) is 0 Å². The van der Waals surface area contributed by atoms with E-state index in [9.17, 15) is 9.59 Å². The summed E-state index contributed by atoms with van der Waals surface area (Å²) in [6.45, 7) is 0.311. The van der Waals surface area contributed by atoms with Gasteiger partial charge in [-0.15, -0.1) is 0 Å². The molecule has 2 amide bonds. The van der Waals surface area contributed by atoms with Crippen molar-refractivity contribution in [1.29, 1.82) is 0 Å². The molecule has 0 radical (unpaired) electrons. The minimum absolute atomic E-state index is 0.165. The Balaban J connectivity index is 2.45. The fraction of sp³-hybridized carbons (Fsp3) is 0.273. The zero-order valence-electron chi connectivity index (χ0n) is 9.15. The highest BCUT2D eigenvalue weighted by Gasteiger charge is 2.15. The minimum Gasteiger partial charge on any atom is -0.370 e. The Bertz CT molecular complexity index is 423. The van der Waals surface area contributed by atoms with E-state index in [2.05, 4.69) is 5.32 Å². The van der Waals surface area contributed by atoms with Crippen molar-refractivity contribution in [3.8, 4) is 0 Å². The Labute approximate surface area is 104 Å². The number of benzene rings is 1. The van der Waals surface area contributed by atoms with Crippen LogP contribution in [0.2, 0.25) is 5.02 Å². The molecule has 0 aliphatic heterocycles. The topological polar surface area (TPSA) is 98.2 Å². The van der Waals surface area contributed by atoms with E-state index < -0.39 is 17.9 Å². The number of carbonyl (C=O) groups excluding carboxylic acids is 2. The van der Waals surface area contributed by atoms with E-state index >= 15 is 0 Å². The van der Waals surface area contributed by atoms with Crippen molar-refractivity contribution < 1.29 is 9.59 Å². The maximum atomic E-state index is 11.5. The van der Waals surface area contributed by atoms with Crippen molar-refractivity contribution in [2.75, 3.05) is 0 Å². The maximum absolute atomic E-state index is 11.5. The lowest BCUT2D eigenvalue weighted by Crippen LogP contribution is -2.42. The molecule has 0 aromatic heterocycles. The molecule has 1 aromatic carbocycles. The lowest BCUT2D eigenvalue weighted by molar-refractivity contribution is -0.126. The van der Waals surface area contributed by atoms with Crippen molar-refractivity contribution in [2.45, 2.75) is 19.0 Å². The molecule has 17 heavy (non-hydrogen) atoms. The second-order valence-electron chi connectivity index (χ2n) is 3.62. The zero-order valence-corrected chi connectivity index (χ0v) is 9.91. The van der Waals surface area contributed by atoms with Crippen LogP contribution in [0, 0.1) is 0 Å². The van der Waals surface area contributed by atoms with Gasteiger partial charge in [0.2, 0.25) is 11.8 Å². The van der Waals surface area contributed by atoms with Crippen LogP contribution < -0.4 is 16.8 Å². The number of rotatable bonds is 5. The first kappa shape index (κ1) is 13.5. The van der Waals surface area contributed by atoms with Crippen molar-refractivity contribution in [2.24, 2.45) is 11.5 Å². The summed E-state index contributed by atoms with van der Waals surface area (Å²) >= 11 is 5.79. The van der Waals surface area contributed by atoms with Crippen LogP contribution in [0.5, 0.6) is 0 Å². The minimum atomic E-state index is -0.910. The van der Waals surface area contributed by atoms with Crippen LogP contribution >= 0.6 is 11.6 Å². The molecule has 0 bridgehead atoms. The first-order valence-corrected chi connectivity index (χ1v) is 5.43. The summed E-state index contributed by atoms with van der Waals surface area (Å²) in [5.74, 6) is -1.01. The largest absolute Gasteiger partial charge is 0.370 e. The Morgan fingerprint density at radius 3 is 2.71 bits per heavy atom. The Kier molecular flexibility index (Phi) is 4.93. The average Bonchev–Trinajstić information content (AvgIpc) is 2.25. The van der Waals surface area contributed by atoms with Crippen LogP contribution in [0.4, 0.5) is 0 Å². The molecular formula is C11H14ClN3O2. The first-order chi connectivity index (χ1) is 7.99. The molecule has 1 rings (SSSR count). The number of primary amides is 1. The van der Waals surface area contributed by atoms with Gasteiger partial charge < -0.3 is 16.8 Å². The number of hydrogen-bond acceptors (Lipinski definition) is 3. The SMILES string of the molecule is NC(=O)CC(N)C(=O)NCc1cccc(Cl)c1. The summed E-state index contributed by atoms with van der Waals surface area (Å²) in [5, 5.41) is 3.20. The number of nitrogens with two attached hydrogens (primary N) is 2. The average molecular weight is 256 g/mol. The van der Waals surface area contributed by atoms with Crippen LogP contribution in [0.15, 0.2) is 24.3 Å². The van der Waals surface area contributed by atoms with Crippen LogP contribution in [-0.4, -0.2) is 17.9 Å². The molecular weight excluding hydrogens is 242 g/mol. The summed E-state index contributed by atoms with van der Waals surface area (Å²) in [4.78, 5) is 22.0. The molecule has 1 unspecified atom stereocenters. The zero-order chi connectivity index (χ0) is 12.8. The normalized spacial score (nSPS) is 11.9. The van der Waals surface area contributed by atoms with Crippen LogP contribution in [-0.2, 0) is 16.1 Å². The molecule has 0 aliphatic rings. The Morgan fingerprint density at radius 2 is 2.12 bits per heavy atom. The van der Waals surface area contributed by atoms with Gasteiger partial charge in [-0.2, -0.15) is 0 Å². The molecule has 6 heteroatoms. The quantitative estimate of drug-likeness (QED) is 0.699. The summed E-state index contributed by atoms with van der Waals surface area (Å²) < 4.78 is 0. The number of hydrogen-bond donors (Lipinski definition) is 3. The van der Waals surface area contributed by atoms with E-state index in [4.69, 9.17) is 23.1 Å². The second-order valence-corrected chi connectivity index (χ2v) is 4.06. The van der Waals surface area contributed by atoms with E-state index in [0.717, 1.165) is 5.56 Å². The third kappa shape index (κ3) is 4.84. The molecule has 0 fully saturated rings. The number of carbonyl (C=O) groups is 2. The highest BCUT2D eigenvalue weighted by Crippen LogP contribution is 2.10. The first-order valence-electron chi connectivity index (χ1n) is 5.05. The Morgan fingerprint density at radius 1 is 1.41 bits per heavy atom. The number of halogens is 1. The molecule has 5 N–H and O–H groups in total. The van der Waals surface area contributed by atoms with E-state index in [0.29, 0.717) is 11.6 Å². The van der Waals surface area contributed by atoms with Crippen LogP contribution in [0.1, 0.15) is 12.0 Å². The van der Waals surface area contributed by atoms with Gasteiger partial charge in [0.25, 0.3) is 0 Å². The van der Waals surface area contributed by atoms with E-state index in [1.54, 1.807) is 18.2 Å². The molecule has 0 saturated carbocycles. The van der Waals surface area contributed by atoms with Gasteiger partial charge in [-0.05, 0) is 17.7 Å². The second kappa shape index (κ2) is 6.22. The predicted octanol–water partition coefficient (Wildman–Crippen LogP) is 0.159. The fourth-order valence-corrected chi connectivity index (χ4v) is 1.49. The highest BCUT2D eigenvalue weighted by molar-refractivity contribution is 6.30. The van der Waals surface area contributed by atoms with Gasteiger partial charge in [0.15, 0.2) is 0 Å². The van der Waals surface area contributed by atoms with Crippen molar-refractivity contribution in [3.05, 3.63) is 34.9 Å². The third-order valence-corrected chi connectivity index (χ3v) is 2.35.